The summed E-state index contributed by atoms with van der Waals surface area (Å²) in [6.45, 7) is 1.89. The molecule has 2 aromatic carbocycles. The van der Waals surface area contributed by atoms with E-state index in [0.29, 0.717) is 54.9 Å². The molecule has 1 unspecified atom stereocenters. The van der Waals surface area contributed by atoms with Crippen LogP contribution in [0, 0.1) is 11.3 Å². The third kappa shape index (κ3) is 5.84. The average Bonchev–Trinajstić information content (AvgIpc) is 3.20. The number of pyridine rings is 1. The summed E-state index contributed by atoms with van der Waals surface area (Å²) >= 11 is 12.3. The number of rotatable bonds is 5. The van der Waals surface area contributed by atoms with Gasteiger partial charge < -0.3 is 10.6 Å². The van der Waals surface area contributed by atoms with Crippen LogP contribution in [0.15, 0.2) is 60.8 Å². The van der Waals surface area contributed by atoms with Crippen molar-refractivity contribution in [1.29, 1.82) is 5.26 Å². The molecule has 0 aliphatic carbocycles. The molecular formula is C30H27Cl2F3N5O+. The number of hydrogen-bond acceptors (Lipinski definition) is 4. The van der Waals surface area contributed by atoms with Gasteiger partial charge in [-0.3, -0.25) is 0 Å². The van der Waals surface area contributed by atoms with Gasteiger partial charge in [-0.15, -0.1) is 0 Å². The van der Waals surface area contributed by atoms with Crippen LogP contribution in [0.5, 0.6) is 0 Å². The Kier molecular flexibility index (Phi) is 8.13. The minimum Gasteiger partial charge on any atom is -0.317 e. The maximum atomic E-state index is 14.2. The number of carbonyl (C=O) groups excluding carboxylic acids is 1. The zero-order chi connectivity index (χ0) is 29.3. The second kappa shape index (κ2) is 11.5. The molecule has 2 N–H and O–H groups in total. The zero-order valence-corrected chi connectivity index (χ0v) is 23.5. The predicted octanol–water partition coefficient (Wildman–Crippen LogP) is 6.84. The van der Waals surface area contributed by atoms with Gasteiger partial charge in [-0.2, -0.15) is 18.4 Å². The monoisotopic (exact) mass is 600 g/mol. The molecule has 1 aromatic heterocycles. The number of nitriles is 1. The van der Waals surface area contributed by atoms with Crippen LogP contribution in [0.1, 0.15) is 40.7 Å². The van der Waals surface area contributed by atoms with Crippen LogP contribution in [-0.2, 0) is 18.1 Å². The summed E-state index contributed by atoms with van der Waals surface area (Å²) in [4.78, 5) is 18.2. The number of quaternary nitrogens is 1. The number of nitrogens with zero attached hydrogens (tertiary/aromatic N) is 3. The first-order chi connectivity index (χ1) is 19.6. The molecule has 3 aromatic rings. The largest absolute Gasteiger partial charge is 0.422 e. The molecular weight excluding hydrogens is 574 g/mol. The second-order valence-corrected chi connectivity index (χ2v) is 11.3. The first-order valence-corrected chi connectivity index (χ1v) is 13.9. The van der Waals surface area contributed by atoms with Crippen molar-refractivity contribution in [3.63, 3.8) is 0 Å². The highest BCUT2D eigenvalue weighted by atomic mass is 35.5. The van der Waals surface area contributed by atoms with E-state index in [1.807, 2.05) is 6.08 Å². The van der Waals surface area contributed by atoms with Crippen molar-refractivity contribution in [1.82, 2.24) is 20.1 Å². The van der Waals surface area contributed by atoms with E-state index in [1.54, 1.807) is 42.5 Å². The van der Waals surface area contributed by atoms with Crippen molar-refractivity contribution >= 4 is 41.0 Å². The van der Waals surface area contributed by atoms with Crippen molar-refractivity contribution < 1.29 is 18.0 Å². The first-order valence-electron chi connectivity index (χ1n) is 13.1. The smallest absolute Gasteiger partial charge is 0.317 e. The number of halogens is 5. The number of urea groups is 1. The van der Waals surface area contributed by atoms with Gasteiger partial charge in [0.25, 0.3) is 0 Å². The Labute approximate surface area is 246 Å². The maximum absolute atomic E-state index is 14.2. The van der Waals surface area contributed by atoms with Gasteiger partial charge >= 0.3 is 12.2 Å². The number of nitrogens with one attached hydrogen (secondary N) is 2. The summed E-state index contributed by atoms with van der Waals surface area (Å²) in [5, 5.41) is 15.3. The number of carbonyl (C=O) groups is 1. The number of hydrogen-bond donors (Lipinski definition) is 2. The third-order valence-corrected chi connectivity index (χ3v) is 8.47. The molecule has 1 fully saturated rings. The Hall–Kier alpha value is -3.42. The molecule has 11 heteroatoms. The van der Waals surface area contributed by atoms with Crippen molar-refractivity contribution in [2.75, 3.05) is 26.2 Å². The van der Waals surface area contributed by atoms with Crippen LogP contribution >= 0.6 is 23.2 Å². The fourth-order valence-electron chi connectivity index (χ4n) is 5.92. The standard InChI is InChI=1S/C30H26Cl2F3N5O/c31-25-15-24-26(16-23(25)30(33,34)35)40(19-29(24)8-11-37-12-9-29,13-1-2-20-3-5-21(17-36)6-4-20)28(41)39-18-22-7-10-38-27(32)14-22/h1-7,10,14-16,37H,8-9,11-13,18-19H2/p+1/b2-1+. The van der Waals surface area contributed by atoms with E-state index in [1.165, 1.54) is 12.3 Å². The van der Waals surface area contributed by atoms with Gasteiger partial charge in [0.1, 0.15) is 23.9 Å². The van der Waals surface area contributed by atoms with Gasteiger partial charge in [-0.25, -0.2) is 14.3 Å². The maximum Gasteiger partial charge on any atom is 0.422 e. The van der Waals surface area contributed by atoms with Crippen LogP contribution < -0.4 is 15.1 Å². The fraction of sp³-hybridized carbons (Fsp3) is 0.300. The lowest BCUT2D eigenvalue weighted by molar-refractivity contribution is -0.137. The van der Waals surface area contributed by atoms with Crippen molar-refractivity contribution in [2.24, 2.45) is 0 Å². The van der Waals surface area contributed by atoms with E-state index >= 15 is 0 Å². The van der Waals surface area contributed by atoms with Gasteiger partial charge in [0, 0.05) is 24.4 Å². The molecule has 0 radical (unpaired) electrons. The number of alkyl halides is 3. The number of aromatic nitrogens is 1. The summed E-state index contributed by atoms with van der Waals surface area (Å²) in [7, 11) is 0. The molecule has 1 spiro atoms. The number of fused-ring (bicyclic) bond motifs is 2. The van der Waals surface area contributed by atoms with Gasteiger partial charge in [0.15, 0.2) is 0 Å². The normalized spacial score (nSPS) is 19.7. The Balaban J connectivity index is 1.59. The zero-order valence-electron chi connectivity index (χ0n) is 21.9. The SMILES string of the molecule is N#Cc1ccc(/C=C/C[N+]2(C(=O)NCc3ccnc(Cl)c3)CC3(CCNCC3)c3cc(Cl)c(C(F)(F)F)cc32)cc1. The Bertz CT molecular complexity index is 1530. The van der Waals surface area contributed by atoms with Crippen molar-refractivity contribution in [3.8, 4) is 6.07 Å². The molecule has 1 atom stereocenters. The fourth-order valence-corrected chi connectivity index (χ4v) is 6.39. The van der Waals surface area contributed by atoms with Crippen molar-refractivity contribution in [2.45, 2.75) is 31.0 Å². The predicted molar refractivity (Wildman–Crippen MR) is 153 cm³/mol. The van der Waals surface area contributed by atoms with Crippen LogP contribution in [-0.4, -0.2) is 37.2 Å². The van der Waals surface area contributed by atoms with E-state index < -0.39 is 23.2 Å². The molecule has 2 aliphatic heterocycles. The summed E-state index contributed by atoms with van der Waals surface area (Å²) in [5.41, 5.74) is 1.54. The van der Waals surface area contributed by atoms with Crippen LogP contribution in [0.25, 0.3) is 6.08 Å². The highest BCUT2D eigenvalue weighted by Crippen LogP contribution is 2.53. The first kappa shape index (κ1) is 29.1. The Morgan fingerprint density at radius 1 is 1.15 bits per heavy atom. The summed E-state index contributed by atoms with van der Waals surface area (Å²) in [6.07, 6.45) is 1.78. The van der Waals surface area contributed by atoms with E-state index in [0.717, 1.165) is 11.6 Å². The lowest BCUT2D eigenvalue weighted by Gasteiger charge is -2.36. The number of benzene rings is 2. The molecule has 212 valence electrons. The van der Waals surface area contributed by atoms with Crippen molar-refractivity contribution in [3.05, 3.63) is 98.8 Å². The topological polar surface area (TPSA) is 77.8 Å². The number of amides is 2. The lowest BCUT2D eigenvalue weighted by Crippen LogP contribution is -2.60. The molecule has 2 aliphatic rings. The third-order valence-electron chi connectivity index (χ3n) is 7.95. The van der Waals surface area contributed by atoms with Crippen LogP contribution in [0.2, 0.25) is 10.2 Å². The summed E-state index contributed by atoms with van der Waals surface area (Å²) < 4.78 is 41.9. The van der Waals surface area contributed by atoms with E-state index in [2.05, 4.69) is 21.7 Å². The lowest BCUT2D eigenvalue weighted by atomic mass is 9.74. The Morgan fingerprint density at radius 2 is 1.88 bits per heavy atom. The van der Waals surface area contributed by atoms with E-state index in [9.17, 15) is 18.0 Å². The quantitative estimate of drug-likeness (QED) is 0.248. The van der Waals surface area contributed by atoms with E-state index in [4.69, 9.17) is 28.5 Å². The summed E-state index contributed by atoms with van der Waals surface area (Å²) in [5.74, 6) is 0. The minimum atomic E-state index is -4.69. The van der Waals surface area contributed by atoms with Gasteiger partial charge in [0.2, 0.25) is 0 Å². The Morgan fingerprint density at radius 3 is 2.54 bits per heavy atom. The average molecular weight is 601 g/mol. The molecule has 41 heavy (non-hydrogen) atoms. The highest BCUT2D eigenvalue weighted by molar-refractivity contribution is 6.31. The van der Waals surface area contributed by atoms with Gasteiger partial charge in [-0.05, 0) is 73.5 Å². The molecule has 5 rings (SSSR count). The van der Waals surface area contributed by atoms with Crippen LogP contribution in [0.3, 0.4) is 0 Å². The molecule has 1 saturated heterocycles. The van der Waals surface area contributed by atoms with E-state index in [-0.39, 0.29) is 27.7 Å². The summed E-state index contributed by atoms with van der Waals surface area (Å²) in [6, 6.07) is 14.4. The van der Waals surface area contributed by atoms with Crippen LogP contribution in [0.4, 0.5) is 23.7 Å². The molecule has 0 saturated carbocycles. The molecule has 6 nitrogen and oxygen atoms in total. The van der Waals surface area contributed by atoms with Gasteiger partial charge in [0.05, 0.1) is 27.6 Å². The molecule has 0 bridgehead atoms. The van der Waals surface area contributed by atoms with Gasteiger partial charge in [-0.1, -0.05) is 41.4 Å². The highest BCUT2D eigenvalue weighted by Gasteiger charge is 2.58. The minimum absolute atomic E-state index is 0.115. The number of piperidine rings is 1. The molecule has 3 heterocycles. The molecule has 2 amide bonds. The second-order valence-electron chi connectivity index (χ2n) is 10.5.